The normalized spacial score (nSPS) is 14.8. The summed E-state index contributed by atoms with van der Waals surface area (Å²) >= 11 is 5.92. The minimum absolute atomic E-state index is 0.0760. The van der Waals surface area contributed by atoms with Crippen LogP contribution in [0.4, 0.5) is 0 Å². The number of nitrogens with zero attached hydrogens (tertiary/aromatic N) is 3. The molecule has 0 atom stereocenters. The molecule has 4 nitrogen and oxygen atoms in total. The lowest BCUT2D eigenvalue weighted by Crippen LogP contribution is -2.48. The van der Waals surface area contributed by atoms with Crippen molar-refractivity contribution < 1.29 is 4.79 Å². The van der Waals surface area contributed by atoms with Gasteiger partial charge in [-0.05, 0) is 41.5 Å². The number of hydrogen-bond donors (Lipinski definition) is 0. The summed E-state index contributed by atoms with van der Waals surface area (Å²) < 4.78 is 0. The molecule has 0 spiro atoms. The summed E-state index contributed by atoms with van der Waals surface area (Å²) in [5, 5.41) is 0.647. The molecule has 0 aliphatic carbocycles. The molecule has 1 fully saturated rings. The lowest BCUT2D eigenvalue weighted by molar-refractivity contribution is 0.0628. The minimum Gasteiger partial charge on any atom is -0.336 e. The molecule has 0 unspecified atom stereocenters. The van der Waals surface area contributed by atoms with Gasteiger partial charge in [-0.2, -0.15) is 0 Å². The fourth-order valence-electron chi connectivity index (χ4n) is 3.59. The van der Waals surface area contributed by atoms with Crippen LogP contribution in [0.5, 0.6) is 0 Å². The molecule has 2 heterocycles. The van der Waals surface area contributed by atoms with Gasteiger partial charge in [0.2, 0.25) is 0 Å². The van der Waals surface area contributed by atoms with Crippen LogP contribution in [0.2, 0.25) is 5.02 Å². The lowest BCUT2D eigenvalue weighted by atomic mass is 10.0. The van der Waals surface area contributed by atoms with Crippen LogP contribution in [0, 0.1) is 0 Å². The SMILES string of the molecule is O=C(c1ccc(Cl)cc1)N1CCN(Cc2ccccc2-c2cccnc2)CC1. The number of rotatable bonds is 4. The first-order chi connectivity index (χ1) is 13.7. The second kappa shape index (κ2) is 8.55. The Hall–Kier alpha value is -2.69. The number of amides is 1. The molecule has 1 aliphatic rings. The monoisotopic (exact) mass is 391 g/mol. The van der Waals surface area contributed by atoms with E-state index in [1.807, 2.05) is 17.2 Å². The molecule has 1 amide bonds. The molecule has 0 saturated carbocycles. The maximum absolute atomic E-state index is 12.7. The summed E-state index contributed by atoms with van der Waals surface area (Å²) in [7, 11) is 0. The zero-order chi connectivity index (χ0) is 19.3. The van der Waals surface area contributed by atoms with E-state index in [-0.39, 0.29) is 5.91 Å². The molecule has 142 valence electrons. The highest BCUT2D eigenvalue weighted by Crippen LogP contribution is 2.24. The highest BCUT2D eigenvalue weighted by molar-refractivity contribution is 6.30. The predicted octanol–water partition coefficient (Wildman–Crippen LogP) is 4.36. The van der Waals surface area contributed by atoms with Gasteiger partial charge in [-0.1, -0.05) is 41.9 Å². The van der Waals surface area contributed by atoms with Crippen molar-refractivity contribution in [2.24, 2.45) is 0 Å². The number of halogens is 1. The number of aromatic nitrogens is 1. The Balaban J connectivity index is 1.40. The van der Waals surface area contributed by atoms with E-state index in [0.29, 0.717) is 10.6 Å². The Morgan fingerprint density at radius 1 is 0.929 bits per heavy atom. The van der Waals surface area contributed by atoms with Crippen molar-refractivity contribution in [3.05, 3.63) is 89.2 Å². The molecule has 2 aromatic carbocycles. The van der Waals surface area contributed by atoms with E-state index in [4.69, 9.17) is 11.6 Å². The molecule has 1 aromatic heterocycles. The number of carbonyl (C=O) groups excluding carboxylic acids is 1. The first-order valence-corrected chi connectivity index (χ1v) is 9.84. The van der Waals surface area contributed by atoms with E-state index in [1.54, 1.807) is 30.5 Å². The van der Waals surface area contributed by atoms with Crippen molar-refractivity contribution in [3.63, 3.8) is 0 Å². The van der Waals surface area contributed by atoms with E-state index >= 15 is 0 Å². The second-order valence-electron chi connectivity index (χ2n) is 6.97. The van der Waals surface area contributed by atoms with E-state index < -0.39 is 0 Å². The zero-order valence-corrected chi connectivity index (χ0v) is 16.3. The number of piperazine rings is 1. The van der Waals surface area contributed by atoms with E-state index in [9.17, 15) is 4.79 Å². The van der Waals surface area contributed by atoms with Crippen LogP contribution in [0.3, 0.4) is 0 Å². The highest BCUT2D eigenvalue weighted by atomic mass is 35.5. The average molecular weight is 392 g/mol. The molecule has 28 heavy (non-hydrogen) atoms. The Morgan fingerprint density at radius 3 is 2.39 bits per heavy atom. The van der Waals surface area contributed by atoms with Crippen molar-refractivity contribution in [2.75, 3.05) is 26.2 Å². The van der Waals surface area contributed by atoms with Crippen molar-refractivity contribution in [1.82, 2.24) is 14.8 Å². The molecule has 4 rings (SSSR count). The molecule has 0 radical (unpaired) electrons. The maximum Gasteiger partial charge on any atom is 0.253 e. The van der Waals surface area contributed by atoms with Gasteiger partial charge in [0.05, 0.1) is 0 Å². The quantitative estimate of drug-likeness (QED) is 0.663. The number of carbonyl (C=O) groups is 1. The zero-order valence-electron chi connectivity index (χ0n) is 15.6. The van der Waals surface area contributed by atoms with Crippen LogP contribution < -0.4 is 0 Å². The number of pyridine rings is 1. The van der Waals surface area contributed by atoms with Crippen molar-refractivity contribution in [3.8, 4) is 11.1 Å². The molecule has 5 heteroatoms. The topological polar surface area (TPSA) is 36.4 Å². The van der Waals surface area contributed by atoms with Gasteiger partial charge in [0.25, 0.3) is 5.91 Å². The Morgan fingerprint density at radius 2 is 1.68 bits per heavy atom. The first-order valence-electron chi connectivity index (χ1n) is 9.46. The van der Waals surface area contributed by atoms with Gasteiger partial charge < -0.3 is 4.90 Å². The third-order valence-electron chi connectivity index (χ3n) is 5.13. The van der Waals surface area contributed by atoms with Crippen LogP contribution >= 0.6 is 11.6 Å². The molecular weight excluding hydrogens is 370 g/mol. The van der Waals surface area contributed by atoms with Gasteiger partial charge in [0.1, 0.15) is 0 Å². The van der Waals surface area contributed by atoms with Crippen LogP contribution in [0.15, 0.2) is 73.1 Å². The van der Waals surface area contributed by atoms with Crippen LogP contribution in [-0.2, 0) is 6.54 Å². The summed E-state index contributed by atoms with van der Waals surface area (Å²) in [6.45, 7) is 4.06. The van der Waals surface area contributed by atoms with Gasteiger partial charge in [-0.15, -0.1) is 0 Å². The van der Waals surface area contributed by atoms with E-state index in [2.05, 4.69) is 40.2 Å². The summed E-state index contributed by atoms with van der Waals surface area (Å²) in [5.41, 5.74) is 4.33. The summed E-state index contributed by atoms with van der Waals surface area (Å²) in [4.78, 5) is 21.2. The van der Waals surface area contributed by atoms with Gasteiger partial charge in [-0.3, -0.25) is 14.7 Å². The smallest absolute Gasteiger partial charge is 0.253 e. The van der Waals surface area contributed by atoms with Crippen LogP contribution in [0.1, 0.15) is 15.9 Å². The van der Waals surface area contributed by atoms with Crippen molar-refractivity contribution in [1.29, 1.82) is 0 Å². The molecule has 3 aromatic rings. The van der Waals surface area contributed by atoms with Crippen molar-refractivity contribution >= 4 is 17.5 Å². The third-order valence-corrected chi connectivity index (χ3v) is 5.39. The number of hydrogen-bond acceptors (Lipinski definition) is 3. The molecule has 1 aliphatic heterocycles. The lowest BCUT2D eigenvalue weighted by Gasteiger charge is -2.35. The van der Waals surface area contributed by atoms with Crippen LogP contribution in [0.25, 0.3) is 11.1 Å². The minimum atomic E-state index is 0.0760. The van der Waals surface area contributed by atoms with Crippen LogP contribution in [-0.4, -0.2) is 46.9 Å². The molecule has 0 bridgehead atoms. The van der Waals surface area contributed by atoms with Crippen molar-refractivity contribution in [2.45, 2.75) is 6.54 Å². The standard InChI is InChI=1S/C23H22ClN3O/c24-21-9-7-18(8-10-21)23(28)27-14-12-26(13-15-27)17-20-4-1-2-6-22(20)19-5-3-11-25-16-19/h1-11,16H,12-15,17H2. The van der Waals surface area contributed by atoms with Gasteiger partial charge >= 0.3 is 0 Å². The molecular formula is C23H22ClN3O. The number of benzene rings is 2. The Bertz CT molecular complexity index is 936. The molecule has 1 saturated heterocycles. The Labute approximate surface area is 170 Å². The maximum atomic E-state index is 12.7. The van der Waals surface area contributed by atoms with Gasteiger partial charge in [0.15, 0.2) is 0 Å². The average Bonchev–Trinajstić information content (AvgIpc) is 2.75. The van der Waals surface area contributed by atoms with E-state index in [1.165, 1.54) is 11.1 Å². The molecule has 0 N–H and O–H groups in total. The van der Waals surface area contributed by atoms with E-state index in [0.717, 1.165) is 38.3 Å². The van der Waals surface area contributed by atoms with Gasteiger partial charge in [0, 0.05) is 61.3 Å². The largest absolute Gasteiger partial charge is 0.336 e. The fraction of sp³-hybridized carbons (Fsp3) is 0.217. The summed E-state index contributed by atoms with van der Waals surface area (Å²) in [5.74, 6) is 0.0760. The summed E-state index contributed by atoms with van der Waals surface area (Å²) in [6.07, 6.45) is 3.70. The van der Waals surface area contributed by atoms with Gasteiger partial charge in [-0.25, -0.2) is 0 Å². The Kier molecular flexibility index (Phi) is 5.70. The third kappa shape index (κ3) is 4.24. The fourth-order valence-corrected chi connectivity index (χ4v) is 3.71. The first kappa shape index (κ1) is 18.7. The predicted molar refractivity (Wildman–Crippen MR) is 112 cm³/mol. The summed E-state index contributed by atoms with van der Waals surface area (Å²) in [6, 6.07) is 19.6. The second-order valence-corrected chi connectivity index (χ2v) is 7.41. The highest BCUT2D eigenvalue weighted by Gasteiger charge is 2.22.